The van der Waals surface area contributed by atoms with Crippen LogP contribution in [0.1, 0.15) is 13.3 Å². The number of nitrogens with zero attached hydrogens (tertiary/aromatic N) is 5. The Morgan fingerprint density at radius 2 is 2.23 bits per heavy atom. The Bertz CT molecular complexity index is 1160. The van der Waals surface area contributed by atoms with Gasteiger partial charge in [-0.1, -0.05) is 29.8 Å². The monoisotopic (exact) mass is 440 g/mol. The van der Waals surface area contributed by atoms with Crippen molar-refractivity contribution in [2.45, 2.75) is 13.3 Å². The molecule has 2 aliphatic rings. The molecule has 2 aromatic rings. The van der Waals surface area contributed by atoms with Crippen molar-refractivity contribution in [3.05, 3.63) is 52.7 Å². The molecule has 1 spiro atoms. The highest BCUT2D eigenvalue weighted by Gasteiger charge is 2.65. The minimum absolute atomic E-state index is 0.0681. The number of likely N-dealkylation sites (tertiary alicyclic amines) is 1. The van der Waals surface area contributed by atoms with E-state index in [9.17, 15) is 10.1 Å². The van der Waals surface area contributed by atoms with Crippen molar-refractivity contribution < 1.29 is 4.79 Å². The molecule has 0 radical (unpaired) electrons. The van der Waals surface area contributed by atoms with Crippen LogP contribution >= 0.6 is 23.2 Å². The molecule has 1 aliphatic heterocycles. The van der Waals surface area contributed by atoms with E-state index in [4.69, 9.17) is 23.2 Å². The van der Waals surface area contributed by atoms with E-state index in [1.54, 1.807) is 31.5 Å². The van der Waals surface area contributed by atoms with Gasteiger partial charge in [0.15, 0.2) is 0 Å². The highest BCUT2D eigenvalue weighted by Crippen LogP contribution is 2.60. The number of hydrogen-bond acceptors (Lipinski definition) is 6. The van der Waals surface area contributed by atoms with E-state index in [-0.39, 0.29) is 27.5 Å². The van der Waals surface area contributed by atoms with E-state index in [1.807, 2.05) is 4.90 Å². The standard InChI is InChI=1S/C21H18Cl2N6O/c1-3-12(8-24)19(25-4-2)29-10-21(11-29)7-15(21)20(30)28-17-6-13-5-16(22)27-18(23)14(13)9-26-17/h3-6,9,15H,1,7,10-11H2,2H3,(H,26,28,30)/b19-12-,25-4?. The molecule has 152 valence electrons. The SMILES string of the molecule is C=C/C(C#N)=C(\N=CC)N1CC2(CC2C(=O)Nc2cc3cc(Cl)nc(Cl)c3cn2)C1. The molecule has 9 heteroatoms. The predicted octanol–water partition coefficient (Wildman–Crippen LogP) is 4.21. The molecule has 0 bridgehead atoms. The van der Waals surface area contributed by atoms with Gasteiger partial charge in [-0.05, 0) is 36.9 Å². The van der Waals surface area contributed by atoms with Crippen molar-refractivity contribution in [1.29, 1.82) is 5.26 Å². The first-order valence-corrected chi connectivity index (χ1v) is 10.1. The quantitative estimate of drug-likeness (QED) is 0.325. The Morgan fingerprint density at radius 3 is 2.90 bits per heavy atom. The fourth-order valence-electron chi connectivity index (χ4n) is 3.92. The molecule has 1 unspecified atom stereocenters. The van der Waals surface area contributed by atoms with E-state index in [2.05, 4.69) is 32.9 Å². The van der Waals surface area contributed by atoms with Gasteiger partial charge in [0, 0.05) is 42.2 Å². The molecule has 30 heavy (non-hydrogen) atoms. The first-order valence-electron chi connectivity index (χ1n) is 9.34. The summed E-state index contributed by atoms with van der Waals surface area (Å²) in [5, 5.41) is 14.1. The van der Waals surface area contributed by atoms with Crippen molar-refractivity contribution in [2.75, 3.05) is 18.4 Å². The Labute approximate surface area is 183 Å². The maximum absolute atomic E-state index is 12.8. The molecular weight excluding hydrogens is 423 g/mol. The van der Waals surface area contributed by atoms with Gasteiger partial charge in [-0.15, -0.1) is 0 Å². The molecule has 7 nitrogen and oxygen atoms in total. The highest BCUT2D eigenvalue weighted by atomic mass is 35.5. The van der Waals surface area contributed by atoms with E-state index in [1.165, 1.54) is 6.08 Å². The molecule has 0 aromatic carbocycles. The third-order valence-corrected chi connectivity index (χ3v) is 6.00. The number of nitrogens with one attached hydrogen (secondary N) is 1. The van der Waals surface area contributed by atoms with E-state index in [0.29, 0.717) is 35.7 Å². The number of aromatic nitrogens is 2. The van der Waals surface area contributed by atoms with Crippen molar-refractivity contribution in [3.63, 3.8) is 0 Å². The lowest BCUT2D eigenvalue weighted by atomic mass is 9.92. The van der Waals surface area contributed by atoms with E-state index < -0.39 is 0 Å². The molecule has 1 saturated heterocycles. The van der Waals surface area contributed by atoms with E-state index >= 15 is 0 Å². The second-order valence-electron chi connectivity index (χ2n) is 7.43. The summed E-state index contributed by atoms with van der Waals surface area (Å²) in [5.41, 5.74) is 0.352. The summed E-state index contributed by atoms with van der Waals surface area (Å²) in [7, 11) is 0. The normalized spacial score (nSPS) is 19.9. The number of anilines is 1. The molecule has 1 N–H and O–H groups in total. The Morgan fingerprint density at radius 1 is 1.47 bits per heavy atom. The predicted molar refractivity (Wildman–Crippen MR) is 117 cm³/mol. The molecule has 1 aliphatic carbocycles. The average molecular weight is 441 g/mol. The molecule has 3 heterocycles. The second-order valence-corrected chi connectivity index (χ2v) is 8.18. The number of carbonyl (C=O) groups is 1. The Hall–Kier alpha value is -2.95. The lowest BCUT2D eigenvalue weighted by Gasteiger charge is -2.42. The molecule has 2 aromatic heterocycles. The van der Waals surface area contributed by atoms with Crippen molar-refractivity contribution in [1.82, 2.24) is 14.9 Å². The number of rotatable bonds is 5. The van der Waals surface area contributed by atoms with Gasteiger partial charge < -0.3 is 10.2 Å². The summed E-state index contributed by atoms with van der Waals surface area (Å²) in [5.74, 6) is 0.877. The van der Waals surface area contributed by atoms with Crippen LogP contribution in [0.2, 0.25) is 10.3 Å². The first kappa shape index (κ1) is 20.3. The summed E-state index contributed by atoms with van der Waals surface area (Å²) in [6.07, 6.45) is 5.52. The van der Waals surface area contributed by atoms with Crippen LogP contribution in [0.15, 0.2) is 47.4 Å². The maximum atomic E-state index is 12.8. The number of fused-ring (bicyclic) bond motifs is 1. The van der Waals surface area contributed by atoms with Crippen LogP contribution in [0.4, 0.5) is 5.82 Å². The van der Waals surface area contributed by atoms with Crippen LogP contribution in [0.25, 0.3) is 10.8 Å². The molecule has 1 amide bonds. The topological polar surface area (TPSA) is 94.3 Å². The smallest absolute Gasteiger partial charge is 0.229 e. The zero-order valence-electron chi connectivity index (χ0n) is 16.2. The minimum Gasteiger partial charge on any atom is -0.354 e. The molecular formula is C21H18Cl2N6O. The van der Waals surface area contributed by atoms with Crippen LogP contribution in [-0.2, 0) is 4.79 Å². The molecule has 1 saturated carbocycles. The van der Waals surface area contributed by atoms with Crippen LogP contribution < -0.4 is 5.32 Å². The van der Waals surface area contributed by atoms with Gasteiger partial charge in [-0.3, -0.25) is 4.79 Å². The lowest BCUT2D eigenvalue weighted by Crippen LogP contribution is -2.49. The van der Waals surface area contributed by atoms with E-state index in [0.717, 1.165) is 11.8 Å². The number of aliphatic imine (C=N–C) groups is 1. The van der Waals surface area contributed by atoms with Crippen LogP contribution in [0, 0.1) is 22.7 Å². The van der Waals surface area contributed by atoms with Crippen LogP contribution in [-0.4, -0.2) is 40.1 Å². The van der Waals surface area contributed by atoms with Gasteiger partial charge in [0.1, 0.15) is 28.0 Å². The number of halogens is 2. The van der Waals surface area contributed by atoms with Gasteiger partial charge in [0.05, 0.1) is 5.57 Å². The number of allylic oxidation sites excluding steroid dienone is 2. The second kappa shape index (κ2) is 7.71. The van der Waals surface area contributed by atoms with Gasteiger partial charge in [0.2, 0.25) is 5.91 Å². The summed E-state index contributed by atoms with van der Waals surface area (Å²) in [6.45, 7) is 6.84. The average Bonchev–Trinajstić information content (AvgIpc) is 3.43. The highest BCUT2D eigenvalue weighted by molar-refractivity contribution is 6.36. The van der Waals surface area contributed by atoms with Crippen molar-refractivity contribution in [2.24, 2.45) is 16.3 Å². The van der Waals surface area contributed by atoms with Gasteiger partial charge in [0.25, 0.3) is 0 Å². The van der Waals surface area contributed by atoms with Crippen LogP contribution in [0.5, 0.6) is 0 Å². The number of nitriles is 1. The van der Waals surface area contributed by atoms with Gasteiger partial charge >= 0.3 is 0 Å². The Kier molecular flexibility index (Phi) is 5.22. The maximum Gasteiger partial charge on any atom is 0.229 e. The van der Waals surface area contributed by atoms with Gasteiger partial charge in [-0.2, -0.15) is 5.26 Å². The number of pyridine rings is 2. The molecule has 2 fully saturated rings. The fourth-order valence-corrected chi connectivity index (χ4v) is 4.42. The zero-order valence-corrected chi connectivity index (χ0v) is 17.7. The fraction of sp³-hybridized carbons (Fsp3) is 0.286. The van der Waals surface area contributed by atoms with Crippen molar-refractivity contribution >= 4 is 51.9 Å². The summed E-state index contributed by atoms with van der Waals surface area (Å²) in [6, 6.07) is 5.53. The molecule has 1 atom stereocenters. The minimum atomic E-state index is -0.100. The lowest BCUT2D eigenvalue weighted by molar-refractivity contribution is -0.119. The third kappa shape index (κ3) is 3.53. The largest absolute Gasteiger partial charge is 0.354 e. The Balaban J connectivity index is 1.44. The third-order valence-electron chi connectivity index (χ3n) is 5.52. The van der Waals surface area contributed by atoms with Crippen molar-refractivity contribution in [3.8, 4) is 6.07 Å². The number of hydrogen-bond donors (Lipinski definition) is 1. The van der Waals surface area contributed by atoms with Crippen LogP contribution in [0.3, 0.4) is 0 Å². The summed E-state index contributed by atoms with van der Waals surface area (Å²) < 4.78 is 0. The van der Waals surface area contributed by atoms with Gasteiger partial charge in [-0.25, -0.2) is 15.0 Å². The summed E-state index contributed by atoms with van der Waals surface area (Å²) in [4.78, 5) is 27.3. The first-order chi connectivity index (χ1) is 14.4. The zero-order chi connectivity index (χ0) is 21.5. The summed E-state index contributed by atoms with van der Waals surface area (Å²) >= 11 is 12.0. The molecule has 4 rings (SSSR count). The number of carbonyl (C=O) groups excluding carboxylic acids is 1. The number of amides is 1.